The molecule has 0 bridgehead atoms. The van der Waals surface area contributed by atoms with Gasteiger partial charge in [-0.1, -0.05) is 28.1 Å². The van der Waals surface area contributed by atoms with Crippen LogP contribution in [0.5, 0.6) is 0 Å². The molecule has 0 fully saturated rings. The van der Waals surface area contributed by atoms with Crippen LogP contribution in [0.1, 0.15) is 11.1 Å². The van der Waals surface area contributed by atoms with Crippen molar-refractivity contribution in [3.8, 4) is 0 Å². The Morgan fingerprint density at radius 3 is 2.68 bits per heavy atom. The second kappa shape index (κ2) is 6.11. The van der Waals surface area contributed by atoms with Gasteiger partial charge in [0.1, 0.15) is 5.71 Å². The Bertz CT molecular complexity index is 782. The zero-order chi connectivity index (χ0) is 15.5. The zero-order valence-corrected chi connectivity index (χ0v) is 13.0. The van der Waals surface area contributed by atoms with Gasteiger partial charge >= 0.3 is 0 Å². The van der Waals surface area contributed by atoms with Crippen LogP contribution in [0, 0.1) is 0 Å². The Morgan fingerprint density at radius 2 is 1.95 bits per heavy atom. The summed E-state index contributed by atoms with van der Waals surface area (Å²) < 4.78 is 0.897. The van der Waals surface area contributed by atoms with Gasteiger partial charge in [-0.15, -0.1) is 5.16 Å². The average molecular weight is 358 g/mol. The molecule has 5 nitrogen and oxygen atoms in total. The summed E-state index contributed by atoms with van der Waals surface area (Å²) in [5.41, 5.74) is 3.66. The Morgan fingerprint density at radius 1 is 1.18 bits per heavy atom. The first-order valence-corrected chi connectivity index (χ1v) is 7.41. The van der Waals surface area contributed by atoms with Gasteiger partial charge in [0.15, 0.2) is 0 Å². The highest BCUT2D eigenvalue weighted by Gasteiger charge is 2.25. The van der Waals surface area contributed by atoms with E-state index in [0.29, 0.717) is 17.8 Å². The molecule has 2 aromatic carbocycles. The monoisotopic (exact) mass is 357 g/mol. The number of nitrogens with zero attached hydrogens (tertiary/aromatic N) is 2. The SMILES string of the molecule is O=C1Nc2ccc(Br)cc2C1=Nc1ccc(C/C=N/O)cc1. The van der Waals surface area contributed by atoms with Crippen LogP contribution in [0.15, 0.2) is 57.1 Å². The topological polar surface area (TPSA) is 74.0 Å². The molecule has 0 saturated carbocycles. The van der Waals surface area contributed by atoms with Crippen LogP contribution >= 0.6 is 15.9 Å². The molecule has 0 saturated heterocycles. The van der Waals surface area contributed by atoms with Gasteiger partial charge in [0.05, 0.1) is 11.4 Å². The van der Waals surface area contributed by atoms with Gasteiger partial charge < -0.3 is 10.5 Å². The van der Waals surface area contributed by atoms with Crippen molar-refractivity contribution in [1.82, 2.24) is 0 Å². The lowest BCUT2D eigenvalue weighted by atomic mass is 10.1. The van der Waals surface area contributed by atoms with Gasteiger partial charge in [0, 0.05) is 22.7 Å². The van der Waals surface area contributed by atoms with Crippen LogP contribution in [0.4, 0.5) is 11.4 Å². The summed E-state index contributed by atoms with van der Waals surface area (Å²) in [4.78, 5) is 16.5. The highest BCUT2D eigenvalue weighted by atomic mass is 79.9. The standard InChI is InChI=1S/C16H12BrN3O2/c17-11-3-6-14-13(9-11)15(16(21)20-14)19-12-4-1-10(2-5-12)7-8-18-22/h1-6,8-9,22H,7H2,(H,19,20,21)/b18-8+. The molecule has 1 aliphatic heterocycles. The minimum Gasteiger partial charge on any atom is -0.411 e. The molecular formula is C16H12BrN3O2. The fourth-order valence-corrected chi connectivity index (χ4v) is 2.58. The number of hydrogen-bond acceptors (Lipinski definition) is 4. The molecule has 22 heavy (non-hydrogen) atoms. The Balaban J connectivity index is 1.92. The highest BCUT2D eigenvalue weighted by Crippen LogP contribution is 2.28. The van der Waals surface area contributed by atoms with E-state index in [2.05, 4.69) is 31.4 Å². The molecule has 3 rings (SSSR count). The lowest BCUT2D eigenvalue weighted by molar-refractivity contribution is -0.110. The molecule has 6 heteroatoms. The van der Waals surface area contributed by atoms with Crippen molar-refractivity contribution in [2.75, 3.05) is 5.32 Å². The molecule has 0 unspecified atom stereocenters. The maximum Gasteiger partial charge on any atom is 0.275 e. The Labute approximate surface area is 135 Å². The highest BCUT2D eigenvalue weighted by molar-refractivity contribution is 9.10. The van der Waals surface area contributed by atoms with E-state index >= 15 is 0 Å². The number of oxime groups is 1. The Hall–Kier alpha value is -2.47. The van der Waals surface area contributed by atoms with Crippen molar-refractivity contribution in [3.63, 3.8) is 0 Å². The third-order valence-corrected chi connectivity index (χ3v) is 3.78. The predicted molar refractivity (Wildman–Crippen MR) is 89.4 cm³/mol. The summed E-state index contributed by atoms with van der Waals surface area (Å²) in [6, 6.07) is 13.0. The summed E-state index contributed by atoms with van der Waals surface area (Å²) in [5.74, 6) is -0.204. The van der Waals surface area contributed by atoms with E-state index in [-0.39, 0.29) is 5.91 Å². The van der Waals surface area contributed by atoms with Crippen LogP contribution in [0.25, 0.3) is 0 Å². The molecule has 0 aromatic heterocycles. The van der Waals surface area contributed by atoms with Crippen molar-refractivity contribution in [1.29, 1.82) is 0 Å². The summed E-state index contributed by atoms with van der Waals surface area (Å²) >= 11 is 3.40. The van der Waals surface area contributed by atoms with Crippen LogP contribution in [0.2, 0.25) is 0 Å². The first-order valence-electron chi connectivity index (χ1n) is 6.62. The number of carbonyl (C=O) groups is 1. The van der Waals surface area contributed by atoms with Gasteiger partial charge in [-0.25, -0.2) is 4.99 Å². The lowest BCUT2D eigenvalue weighted by Gasteiger charge is -2.00. The van der Waals surface area contributed by atoms with Gasteiger partial charge in [0.2, 0.25) is 0 Å². The molecule has 0 aliphatic carbocycles. The molecule has 110 valence electrons. The third kappa shape index (κ3) is 2.92. The van der Waals surface area contributed by atoms with Crippen LogP contribution < -0.4 is 5.32 Å². The second-order valence-electron chi connectivity index (χ2n) is 4.77. The summed E-state index contributed by atoms with van der Waals surface area (Å²) in [7, 11) is 0. The van der Waals surface area contributed by atoms with E-state index in [4.69, 9.17) is 5.21 Å². The maximum absolute atomic E-state index is 12.1. The third-order valence-electron chi connectivity index (χ3n) is 3.29. The van der Waals surface area contributed by atoms with Crippen molar-refractivity contribution in [2.24, 2.45) is 10.1 Å². The smallest absolute Gasteiger partial charge is 0.275 e. The van der Waals surface area contributed by atoms with E-state index in [1.807, 2.05) is 42.5 Å². The fraction of sp³-hybridized carbons (Fsp3) is 0.0625. The summed E-state index contributed by atoms with van der Waals surface area (Å²) in [5, 5.41) is 14.2. The summed E-state index contributed by atoms with van der Waals surface area (Å²) in [6.45, 7) is 0. The largest absolute Gasteiger partial charge is 0.411 e. The molecule has 1 amide bonds. The number of benzene rings is 2. The quantitative estimate of drug-likeness (QED) is 0.501. The van der Waals surface area contributed by atoms with Crippen molar-refractivity contribution in [2.45, 2.75) is 6.42 Å². The number of amides is 1. The van der Waals surface area contributed by atoms with E-state index < -0.39 is 0 Å². The molecule has 0 atom stereocenters. The number of anilines is 1. The number of aliphatic imine (C=N–C) groups is 1. The van der Waals surface area contributed by atoms with Crippen molar-refractivity contribution < 1.29 is 10.0 Å². The van der Waals surface area contributed by atoms with E-state index in [1.165, 1.54) is 6.21 Å². The first kappa shape index (κ1) is 14.5. The number of hydrogen-bond donors (Lipinski definition) is 2. The van der Waals surface area contributed by atoms with Crippen LogP contribution in [-0.2, 0) is 11.2 Å². The van der Waals surface area contributed by atoms with E-state index in [0.717, 1.165) is 21.3 Å². The van der Waals surface area contributed by atoms with E-state index in [1.54, 1.807) is 0 Å². The first-order chi connectivity index (χ1) is 10.7. The van der Waals surface area contributed by atoms with Crippen LogP contribution in [0.3, 0.4) is 0 Å². The number of carbonyl (C=O) groups excluding carboxylic acids is 1. The predicted octanol–water partition coefficient (Wildman–Crippen LogP) is 3.52. The average Bonchev–Trinajstić information content (AvgIpc) is 2.82. The normalized spacial score (nSPS) is 15.3. The van der Waals surface area contributed by atoms with Crippen molar-refractivity contribution in [3.05, 3.63) is 58.1 Å². The van der Waals surface area contributed by atoms with Gasteiger partial charge in [-0.3, -0.25) is 4.79 Å². The zero-order valence-electron chi connectivity index (χ0n) is 11.5. The van der Waals surface area contributed by atoms with Crippen LogP contribution in [-0.4, -0.2) is 23.0 Å². The molecule has 2 N–H and O–H groups in total. The van der Waals surface area contributed by atoms with Gasteiger partial charge in [-0.2, -0.15) is 0 Å². The van der Waals surface area contributed by atoms with Crippen molar-refractivity contribution >= 4 is 45.1 Å². The molecular weight excluding hydrogens is 346 g/mol. The molecule has 0 spiro atoms. The number of halogens is 1. The van der Waals surface area contributed by atoms with Gasteiger partial charge in [-0.05, 0) is 35.9 Å². The van der Waals surface area contributed by atoms with Gasteiger partial charge in [0.25, 0.3) is 5.91 Å². The molecule has 2 aromatic rings. The minimum atomic E-state index is -0.204. The second-order valence-corrected chi connectivity index (χ2v) is 5.69. The molecule has 1 aliphatic rings. The lowest BCUT2D eigenvalue weighted by Crippen LogP contribution is -2.13. The fourth-order valence-electron chi connectivity index (χ4n) is 2.22. The number of fused-ring (bicyclic) bond motifs is 1. The number of rotatable bonds is 3. The van der Waals surface area contributed by atoms with E-state index in [9.17, 15) is 4.79 Å². The summed E-state index contributed by atoms with van der Waals surface area (Å²) in [6.07, 6.45) is 1.96. The maximum atomic E-state index is 12.1. The number of nitrogens with one attached hydrogen (secondary N) is 1. The molecule has 1 heterocycles. The minimum absolute atomic E-state index is 0.204. The Kier molecular flexibility index (Phi) is 4.02. The molecule has 0 radical (unpaired) electrons.